The first-order valence-electron chi connectivity index (χ1n) is 6.22. The predicted molar refractivity (Wildman–Crippen MR) is 76.7 cm³/mol. The van der Waals surface area contributed by atoms with Gasteiger partial charge < -0.3 is 10.6 Å². The highest BCUT2D eigenvalue weighted by molar-refractivity contribution is 5.49. The summed E-state index contributed by atoms with van der Waals surface area (Å²) in [4.78, 5) is 6.45. The zero-order valence-electron chi connectivity index (χ0n) is 10.7. The molecule has 0 saturated carbocycles. The van der Waals surface area contributed by atoms with Crippen molar-refractivity contribution < 1.29 is 0 Å². The molecule has 0 saturated heterocycles. The quantitative estimate of drug-likeness (QED) is 0.875. The maximum atomic E-state index is 5.75. The van der Waals surface area contributed by atoms with Crippen molar-refractivity contribution in [2.45, 2.75) is 12.8 Å². The van der Waals surface area contributed by atoms with Gasteiger partial charge in [0.05, 0.1) is 0 Å². The first-order chi connectivity index (χ1) is 8.75. The zero-order chi connectivity index (χ0) is 12.8. The Labute approximate surface area is 108 Å². The molecule has 0 radical (unpaired) electrons. The summed E-state index contributed by atoms with van der Waals surface area (Å²) in [5.41, 5.74) is 7.89. The molecule has 0 aliphatic rings. The Morgan fingerprint density at radius 1 is 1.17 bits per heavy atom. The molecule has 2 rings (SSSR count). The Balaban J connectivity index is 1.83. The van der Waals surface area contributed by atoms with Gasteiger partial charge in [-0.25, -0.2) is 4.98 Å². The van der Waals surface area contributed by atoms with Gasteiger partial charge in [-0.1, -0.05) is 30.3 Å². The van der Waals surface area contributed by atoms with Gasteiger partial charge in [0.25, 0.3) is 0 Å². The molecule has 94 valence electrons. The smallest absolute Gasteiger partial charge is 0.130 e. The van der Waals surface area contributed by atoms with Crippen molar-refractivity contribution >= 4 is 11.5 Å². The summed E-state index contributed by atoms with van der Waals surface area (Å²) in [5.74, 6) is 0.933. The first-order valence-corrected chi connectivity index (χ1v) is 6.22. The molecule has 0 fully saturated rings. The number of hydrogen-bond acceptors (Lipinski definition) is 3. The van der Waals surface area contributed by atoms with Gasteiger partial charge in [-0.05, 0) is 24.5 Å². The third-order valence-electron chi connectivity index (χ3n) is 2.96. The van der Waals surface area contributed by atoms with Gasteiger partial charge in [-0.15, -0.1) is 0 Å². The van der Waals surface area contributed by atoms with Crippen LogP contribution in [0.4, 0.5) is 11.5 Å². The number of nitrogen functional groups attached to an aromatic ring is 1. The van der Waals surface area contributed by atoms with Gasteiger partial charge in [0, 0.05) is 31.5 Å². The van der Waals surface area contributed by atoms with Gasteiger partial charge in [-0.3, -0.25) is 0 Å². The van der Waals surface area contributed by atoms with Crippen LogP contribution in [0.25, 0.3) is 0 Å². The Hall–Kier alpha value is -2.03. The molecule has 0 aliphatic heterocycles. The van der Waals surface area contributed by atoms with Crippen molar-refractivity contribution in [2.24, 2.45) is 0 Å². The molecule has 0 unspecified atom stereocenters. The average Bonchev–Trinajstić information content (AvgIpc) is 2.40. The monoisotopic (exact) mass is 241 g/mol. The van der Waals surface area contributed by atoms with Crippen LogP contribution in [0, 0.1) is 0 Å². The molecule has 0 atom stereocenters. The van der Waals surface area contributed by atoms with Crippen LogP contribution in [0.5, 0.6) is 0 Å². The minimum atomic E-state index is 0.759. The summed E-state index contributed by atoms with van der Waals surface area (Å²) < 4.78 is 0. The molecule has 1 heterocycles. The van der Waals surface area contributed by atoms with Gasteiger partial charge >= 0.3 is 0 Å². The van der Waals surface area contributed by atoms with Crippen LogP contribution in [0.15, 0.2) is 48.7 Å². The maximum absolute atomic E-state index is 5.75. The van der Waals surface area contributed by atoms with Crippen LogP contribution in [0.1, 0.15) is 12.0 Å². The molecule has 2 N–H and O–H groups in total. The fourth-order valence-corrected chi connectivity index (χ4v) is 1.92. The molecule has 0 spiro atoms. The Morgan fingerprint density at radius 3 is 2.67 bits per heavy atom. The highest BCUT2D eigenvalue weighted by Gasteiger charge is 2.02. The van der Waals surface area contributed by atoms with Crippen molar-refractivity contribution in [1.29, 1.82) is 0 Å². The summed E-state index contributed by atoms with van der Waals surface area (Å²) in [6.45, 7) is 0.978. The number of aryl methyl sites for hydroxylation is 1. The Morgan fingerprint density at radius 2 is 1.94 bits per heavy atom. The molecule has 3 nitrogen and oxygen atoms in total. The van der Waals surface area contributed by atoms with E-state index in [1.807, 2.05) is 19.2 Å². The zero-order valence-corrected chi connectivity index (χ0v) is 10.7. The lowest BCUT2D eigenvalue weighted by molar-refractivity contribution is 0.777. The lowest BCUT2D eigenvalue weighted by Gasteiger charge is -2.18. The van der Waals surface area contributed by atoms with Crippen molar-refractivity contribution in [3.05, 3.63) is 54.2 Å². The second-order valence-electron chi connectivity index (χ2n) is 4.46. The number of anilines is 2. The SMILES string of the molecule is CN(CCCc1ccccc1)c1cc(N)ccn1. The summed E-state index contributed by atoms with van der Waals surface area (Å²) in [5, 5.41) is 0. The molecule has 0 bridgehead atoms. The third kappa shape index (κ3) is 3.48. The van der Waals surface area contributed by atoms with Crippen LogP contribution in [-0.4, -0.2) is 18.6 Å². The summed E-state index contributed by atoms with van der Waals surface area (Å²) >= 11 is 0. The van der Waals surface area contributed by atoms with Crippen molar-refractivity contribution in [3.8, 4) is 0 Å². The van der Waals surface area contributed by atoms with Crippen LogP contribution in [0.3, 0.4) is 0 Å². The minimum absolute atomic E-state index is 0.759. The van der Waals surface area contributed by atoms with E-state index in [0.29, 0.717) is 0 Å². The van der Waals surface area contributed by atoms with Crippen LogP contribution < -0.4 is 10.6 Å². The Kier molecular flexibility index (Phi) is 4.18. The van der Waals surface area contributed by atoms with E-state index in [9.17, 15) is 0 Å². The summed E-state index contributed by atoms with van der Waals surface area (Å²) in [7, 11) is 2.05. The van der Waals surface area contributed by atoms with Gasteiger partial charge in [0.1, 0.15) is 5.82 Å². The van der Waals surface area contributed by atoms with Gasteiger partial charge in [-0.2, -0.15) is 0 Å². The lowest BCUT2D eigenvalue weighted by Crippen LogP contribution is -2.20. The van der Waals surface area contributed by atoms with E-state index >= 15 is 0 Å². The highest BCUT2D eigenvalue weighted by atomic mass is 15.2. The molecule has 1 aromatic heterocycles. The van der Waals surface area contributed by atoms with Crippen molar-refractivity contribution in [2.75, 3.05) is 24.2 Å². The number of nitrogens with zero attached hydrogens (tertiary/aromatic N) is 2. The molecule has 18 heavy (non-hydrogen) atoms. The number of nitrogens with two attached hydrogens (primary N) is 1. The van der Waals surface area contributed by atoms with E-state index in [2.05, 4.69) is 34.1 Å². The molecule has 0 aliphatic carbocycles. The van der Waals surface area contributed by atoms with Crippen molar-refractivity contribution in [3.63, 3.8) is 0 Å². The molecule has 3 heteroatoms. The van der Waals surface area contributed by atoms with Crippen LogP contribution in [0.2, 0.25) is 0 Å². The number of aromatic nitrogens is 1. The lowest BCUT2D eigenvalue weighted by atomic mass is 10.1. The topological polar surface area (TPSA) is 42.1 Å². The third-order valence-corrected chi connectivity index (χ3v) is 2.96. The molecule has 0 amide bonds. The molecular formula is C15H19N3. The van der Waals surface area contributed by atoms with Crippen LogP contribution in [-0.2, 0) is 6.42 Å². The van der Waals surface area contributed by atoms with Gasteiger partial charge in [0.15, 0.2) is 0 Å². The molecular weight excluding hydrogens is 222 g/mol. The molecule has 1 aromatic carbocycles. The van der Waals surface area contributed by atoms with E-state index in [4.69, 9.17) is 5.73 Å². The second-order valence-corrected chi connectivity index (χ2v) is 4.46. The number of hydrogen-bond donors (Lipinski definition) is 1. The Bertz CT molecular complexity index is 482. The predicted octanol–water partition coefficient (Wildman–Crippen LogP) is 2.73. The average molecular weight is 241 g/mol. The number of pyridine rings is 1. The van der Waals surface area contributed by atoms with E-state index in [1.54, 1.807) is 12.3 Å². The van der Waals surface area contributed by atoms with E-state index in [1.165, 1.54) is 5.56 Å². The molecule has 2 aromatic rings. The fourth-order valence-electron chi connectivity index (χ4n) is 1.92. The summed E-state index contributed by atoms with van der Waals surface area (Å²) in [6.07, 6.45) is 3.95. The largest absolute Gasteiger partial charge is 0.399 e. The normalized spacial score (nSPS) is 10.3. The van der Waals surface area contributed by atoms with E-state index in [0.717, 1.165) is 30.9 Å². The van der Waals surface area contributed by atoms with Crippen LogP contribution >= 0.6 is 0 Å². The maximum Gasteiger partial charge on any atom is 0.130 e. The van der Waals surface area contributed by atoms with E-state index in [-0.39, 0.29) is 0 Å². The van der Waals surface area contributed by atoms with Gasteiger partial charge in [0.2, 0.25) is 0 Å². The minimum Gasteiger partial charge on any atom is -0.399 e. The van der Waals surface area contributed by atoms with E-state index < -0.39 is 0 Å². The second kappa shape index (κ2) is 6.05. The highest BCUT2D eigenvalue weighted by Crippen LogP contribution is 2.13. The fraction of sp³-hybridized carbons (Fsp3) is 0.267. The van der Waals surface area contributed by atoms with Crippen molar-refractivity contribution in [1.82, 2.24) is 4.98 Å². The summed E-state index contributed by atoms with van der Waals surface area (Å²) in [6, 6.07) is 14.3. The standard InChI is InChI=1S/C15H19N3/c1-18(15-12-14(16)9-10-17-15)11-5-8-13-6-3-2-4-7-13/h2-4,6-7,9-10,12H,5,8,11H2,1H3,(H2,16,17). The number of benzene rings is 1. The number of rotatable bonds is 5. The first kappa shape index (κ1) is 12.4.